The first-order valence-electron chi connectivity index (χ1n) is 7.59. The minimum atomic E-state index is 0.394. The molecule has 0 amide bonds. The van der Waals surface area contributed by atoms with Crippen LogP contribution in [0, 0.1) is 5.92 Å². The Morgan fingerprint density at radius 1 is 1.41 bits per heavy atom. The number of aliphatic imine (C=N–C) groups is 1. The molecule has 0 unspecified atom stereocenters. The molecule has 5 nitrogen and oxygen atoms in total. The lowest BCUT2D eigenvalue weighted by atomic mass is 10.1. The zero-order valence-corrected chi connectivity index (χ0v) is 14.9. The summed E-state index contributed by atoms with van der Waals surface area (Å²) in [5.41, 5.74) is 0.585. The molecule has 0 bridgehead atoms. The second-order valence-corrected chi connectivity index (χ2v) is 5.91. The maximum atomic E-state index is 6.22. The van der Waals surface area contributed by atoms with Gasteiger partial charge < -0.3 is 14.4 Å². The Hall–Kier alpha value is -1.49. The van der Waals surface area contributed by atoms with Crippen molar-refractivity contribution in [2.75, 3.05) is 27.3 Å². The molecule has 6 heteroatoms. The number of rotatable bonds is 9. The number of nitrogens with zero attached hydrogens (tertiary/aromatic N) is 3. The molecule has 1 aromatic rings. The van der Waals surface area contributed by atoms with Crippen LogP contribution in [0.25, 0.3) is 0 Å². The molecule has 0 aliphatic heterocycles. The number of hydrogen-bond donors (Lipinski definition) is 0. The number of hydrogen-bond acceptors (Lipinski definition) is 4. The van der Waals surface area contributed by atoms with E-state index < -0.39 is 0 Å². The summed E-state index contributed by atoms with van der Waals surface area (Å²) in [7, 11) is 3.50. The molecular formula is C16H26ClN3O2. The predicted octanol–water partition coefficient (Wildman–Crippen LogP) is 4.17. The zero-order valence-electron chi connectivity index (χ0n) is 14.1. The molecule has 124 valence electrons. The number of pyridine rings is 1. The largest absolute Gasteiger partial charge is 0.479 e. The summed E-state index contributed by atoms with van der Waals surface area (Å²) in [5, 5.41) is 0.441. The third kappa shape index (κ3) is 6.10. The highest BCUT2D eigenvalue weighted by Crippen LogP contribution is 2.34. The van der Waals surface area contributed by atoms with Crippen molar-refractivity contribution in [3.8, 4) is 11.8 Å². The fourth-order valence-electron chi connectivity index (χ4n) is 1.69. The van der Waals surface area contributed by atoms with E-state index in [0.29, 0.717) is 35.0 Å². The third-order valence-electron chi connectivity index (χ3n) is 3.14. The summed E-state index contributed by atoms with van der Waals surface area (Å²) in [5.74, 6) is 1.46. The van der Waals surface area contributed by atoms with Crippen molar-refractivity contribution in [3.05, 3.63) is 11.1 Å². The van der Waals surface area contributed by atoms with Crippen LogP contribution in [0.5, 0.6) is 11.8 Å². The minimum absolute atomic E-state index is 0.394. The molecular weight excluding hydrogens is 302 g/mol. The molecule has 0 atom stereocenters. The summed E-state index contributed by atoms with van der Waals surface area (Å²) in [6.07, 6.45) is 3.80. The van der Waals surface area contributed by atoms with Crippen LogP contribution in [0.3, 0.4) is 0 Å². The van der Waals surface area contributed by atoms with Gasteiger partial charge in [-0.15, -0.1) is 0 Å². The molecule has 1 rings (SSSR count). The summed E-state index contributed by atoms with van der Waals surface area (Å²) < 4.78 is 10.9. The van der Waals surface area contributed by atoms with E-state index in [-0.39, 0.29) is 0 Å². The lowest BCUT2D eigenvalue weighted by molar-refractivity contribution is 0.282. The monoisotopic (exact) mass is 327 g/mol. The van der Waals surface area contributed by atoms with Gasteiger partial charge in [-0.25, -0.2) is 4.99 Å². The Labute approximate surface area is 138 Å². The maximum absolute atomic E-state index is 6.22. The van der Waals surface area contributed by atoms with Gasteiger partial charge in [-0.1, -0.05) is 25.4 Å². The van der Waals surface area contributed by atoms with Gasteiger partial charge >= 0.3 is 0 Å². The maximum Gasteiger partial charge on any atom is 0.243 e. The average molecular weight is 328 g/mol. The molecule has 0 saturated heterocycles. The van der Waals surface area contributed by atoms with Gasteiger partial charge in [-0.3, -0.25) is 0 Å². The van der Waals surface area contributed by atoms with Crippen LogP contribution in [0.2, 0.25) is 5.02 Å². The van der Waals surface area contributed by atoms with Crippen molar-refractivity contribution < 1.29 is 9.47 Å². The molecule has 0 aliphatic rings. The first kappa shape index (κ1) is 18.6. The third-order valence-corrected chi connectivity index (χ3v) is 3.41. The fraction of sp³-hybridized carbons (Fsp3) is 0.625. The van der Waals surface area contributed by atoms with Crippen LogP contribution in [-0.4, -0.2) is 43.5 Å². The van der Waals surface area contributed by atoms with E-state index in [9.17, 15) is 0 Å². The SMILES string of the molecule is CCN(C)C=Nc1cc(Cl)c(OCCCC(C)C)nc1OC. The highest BCUT2D eigenvalue weighted by Gasteiger charge is 2.12. The van der Waals surface area contributed by atoms with E-state index in [0.717, 1.165) is 19.4 Å². The summed E-state index contributed by atoms with van der Waals surface area (Å²) in [6, 6.07) is 1.71. The number of aromatic nitrogens is 1. The predicted molar refractivity (Wildman–Crippen MR) is 91.8 cm³/mol. The normalized spacial score (nSPS) is 11.2. The van der Waals surface area contributed by atoms with Gasteiger partial charge in [-0.05, 0) is 31.7 Å². The second kappa shape index (κ2) is 9.51. The Bertz CT molecular complexity index is 493. The smallest absolute Gasteiger partial charge is 0.243 e. The number of methoxy groups -OCH3 is 1. The van der Waals surface area contributed by atoms with Crippen molar-refractivity contribution in [1.29, 1.82) is 0 Å². The summed E-state index contributed by atoms with van der Waals surface area (Å²) in [4.78, 5) is 10.6. The van der Waals surface area contributed by atoms with E-state index in [1.807, 2.05) is 18.9 Å². The molecule has 0 aliphatic carbocycles. The molecule has 0 radical (unpaired) electrons. The van der Waals surface area contributed by atoms with Crippen LogP contribution in [0.1, 0.15) is 33.6 Å². The Kier molecular flexibility index (Phi) is 8.02. The van der Waals surface area contributed by atoms with Crippen molar-refractivity contribution in [2.45, 2.75) is 33.6 Å². The van der Waals surface area contributed by atoms with Crippen molar-refractivity contribution in [1.82, 2.24) is 9.88 Å². The van der Waals surface area contributed by atoms with E-state index in [4.69, 9.17) is 21.1 Å². The quantitative estimate of drug-likeness (QED) is 0.388. The Morgan fingerprint density at radius 2 is 2.14 bits per heavy atom. The van der Waals surface area contributed by atoms with Gasteiger partial charge in [0.25, 0.3) is 0 Å². The molecule has 0 aromatic carbocycles. The topological polar surface area (TPSA) is 47.0 Å². The van der Waals surface area contributed by atoms with E-state index >= 15 is 0 Å². The first-order valence-corrected chi connectivity index (χ1v) is 7.97. The van der Waals surface area contributed by atoms with Crippen LogP contribution in [0.15, 0.2) is 11.1 Å². The summed E-state index contributed by atoms with van der Waals surface area (Å²) >= 11 is 6.22. The van der Waals surface area contributed by atoms with E-state index in [2.05, 4.69) is 23.8 Å². The van der Waals surface area contributed by atoms with Crippen LogP contribution < -0.4 is 9.47 Å². The van der Waals surface area contributed by atoms with Gasteiger partial charge in [0, 0.05) is 13.6 Å². The van der Waals surface area contributed by atoms with Crippen molar-refractivity contribution in [3.63, 3.8) is 0 Å². The number of halogens is 1. The van der Waals surface area contributed by atoms with E-state index in [1.54, 1.807) is 19.5 Å². The van der Waals surface area contributed by atoms with Crippen LogP contribution in [-0.2, 0) is 0 Å². The van der Waals surface area contributed by atoms with Gasteiger partial charge in [0.15, 0.2) is 0 Å². The van der Waals surface area contributed by atoms with Crippen LogP contribution in [0.4, 0.5) is 5.69 Å². The second-order valence-electron chi connectivity index (χ2n) is 5.51. The Morgan fingerprint density at radius 3 is 2.73 bits per heavy atom. The molecule has 1 aromatic heterocycles. The standard InChI is InChI=1S/C16H26ClN3O2/c1-6-20(4)11-18-14-10-13(17)15(19-16(14)21-5)22-9-7-8-12(2)3/h10-12H,6-9H2,1-5H3. The zero-order chi connectivity index (χ0) is 16.5. The van der Waals surface area contributed by atoms with E-state index in [1.165, 1.54) is 0 Å². The molecule has 0 N–H and O–H groups in total. The molecule has 0 spiro atoms. The Balaban J connectivity index is 2.79. The van der Waals surface area contributed by atoms with Gasteiger partial charge in [0.05, 0.1) is 20.1 Å². The lowest BCUT2D eigenvalue weighted by Crippen LogP contribution is -2.14. The van der Waals surface area contributed by atoms with Crippen molar-refractivity contribution in [2.24, 2.45) is 10.9 Å². The van der Waals surface area contributed by atoms with Gasteiger partial charge in [0.1, 0.15) is 10.7 Å². The highest BCUT2D eigenvalue weighted by molar-refractivity contribution is 6.32. The van der Waals surface area contributed by atoms with Gasteiger partial charge in [0.2, 0.25) is 11.8 Å². The molecule has 0 saturated carbocycles. The van der Waals surface area contributed by atoms with Crippen molar-refractivity contribution >= 4 is 23.6 Å². The molecule has 22 heavy (non-hydrogen) atoms. The average Bonchev–Trinajstić information content (AvgIpc) is 2.50. The lowest BCUT2D eigenvalue weighted by Gasteiger charge is -2.12. The molecule has 0 fully saturated rings. The first-order chi connectivity index (χ1) is 10.5. The minimum Gasteiger partial charge on any atom is -0.479 e. The highest BCUT2D eigenvalue weighted by atomic mass is 35.5. The molecule has 1 heterocycles. The fourth-order valence-corrected chi connectivity index (χ4v) is 1.89. The van der Waals surface area contributed by atoms with Gasteiger partial charge in [-0.2, -0.15) is 4.98 Å². The van der Waals surface area contributed by atoms with Crippen LogP contribution >= 0.6 is 11.6 Å². The number of ether oxygens (including phenoxy) is 2. The summed E-state index contributed by atoms with van der Waals surface area (Å²) in [6.45, 7) is 7.88.